The molecule has 1 aromatic carbocycles. The number of halogens is 8. The van der Waals surface area contributed by atoms with Crippen LogP contribution < -0.4 is 11.1 Å². The lowest BCUT2D eigenvalue weighted by Crippen LogP contribution is -2.16. The van der Waals surface area contributed by atoms with E-state index in [0.29, 0.717) is 28.2 Å². The van der Waals surface area contributed by atoms with Gasteiger partial charge in [0.05, 0.1) is 12.2 Å². The number of aromatic nitrogens is 3. The van der Waals surface area contributed by atoms with Crippen LogP contribution in [0.15, 0.2) is 52.9 Å². The Morgan fingerprint density at radius 2 is 1.72 bits per heavy atom. The summed E-state index contributed by atoms with van der Waals surface area (Å²) in [6.45, 7) is -0.549. The van der Waals surface area contributed by atoms with Crippen LogP contribution in [0.1, 0.15) is 55.9 Å². The van der Waals surface area contributed by atoms with Crippen molar-refractivity contribution in [3.63, 3.8) is 0 Å². The number of nitrogens with two attached hydrogens (primary N) is 1. The first-order valence-electron chi connectivity index (χ1n) is 11.9. The molecule has 0 saturated carbocycles. The first kappa shape index (κ1) is 29.7. The van der Waals surface area contributed by atoms with Gasteiger partial charge >= 0.3 is 6.18 Å². The summed E-state index contributed by atoms with van der Waals surface area (Å²) in [5, 5.41) is 5.72. The molecule has 5 rings (SSSR count). The lowest BCUT2D eigenvalue weighted by Gasteiger charge is -2.12. The van der Waals surface area contributed by atoms with Crippen molar-refractivity contribution in [1.29, 1.82) is 0 Å². The Morgan fingerprint density at radius 3 is 2.33 bits per heavy atom. The van der Waals surface area contributed by atoms with E-state index in [1.54, 1.807) is 0 Å². The number of fused-ring (bicyclic) bond motifs is 1. The Hall–Kier alpha value is -4.80. The van der Waals surface area contributed by atoms with Crippen LogP contribution in [0.3, 0.4) is 0 Å². The normalized spacial score (nSPS) is 12.0. The molecule has 43 heavy (non-hydrogen) atoms. The molecule has 0 radical (unpaired) electrons. The molecule has 4 aromatic heterocycles. The van der Waals surface area contributed by atoms with Gasteiger partial charge < -0.3 is 15.5 Å². The number of pyridine rings is 1. The number of nitrogens with one attached hydrogen (secondary N) is 1. The van der Waals surface area contributed by atoms with Gasteiger partial charge in [0.25, 0.3) is 24.7 Å². The summed E-state index contributed by atoms with van der Waals surface area (Å²) in [7, 11) is 0. The number of primary amides is 1. The van der Waals surface area contributed by atoms with Gasteiger partial charge in [0.2, 0.25) is 0 Å². The van der Waals surface area contributed by atoms with E-state index >= 15 is 0 Å². The van der Waals surface area contributed by atoms with Gasteiger partial charge in [-0.15, -0.1) is 11.3 Å². The fourth-order valence-electron chi connectivity index (χ4n) is 4.16. The zero-order valence-electron chi connectivity index (χ0n) is 21.1. The molecule has 0 fully saturated rings. The second kappa shape index (κ2) is 11.1. The molecule has 4 heterocycles. The number of alkyl halides is 7. The molecule has 0 spiro atoms. The van der Waals surface area contributed by atoms with E-state index in [9.17, 15) is 44.7 Å². The number of anilines is 1. The molecule has 0 aliphatic rings. The number of hydrogen-bond donors (Lipinski definition) is 2. The highest BCUT2D eigenvalue weighted by Gasteiger charge is 2.35. The van der Waals surface area contributed by atoms with Gasteiger partial charge in [-0.1, -0.05) is 12.1 Å². The minimum atomic E-state index is -4.90. The van der Waals surface area contributed by atoms with Crippen molar-refractivity contribution in [1.82, 2.24) is 14.8 Å². The number of carbonyl (C=O) groups is 2. The zero-order valence-corrected chi connectivity index (χ0v) is 21.9. The summed E-state index contributed by atoms with van der Waals surface area (Å²) in [4.78, 5) is 28.3. The molecule has 0 aliphatic heterocycles. The van der Waals surface area contributed by atoms with Gasteiger partial charge in [0, 0.05) is 5.39 Å². The third-order valence-electron chi connectivity index (χ3n) is 6.04. The van der Waals surface area contributed by atoms with Crippen molar-refractivity contribution in [2.45, 2.75) is 25.6 Å². The molecule has 17 heteroatoms. The Balaban J connectivity index is 1.54. The SMILES string of the molecule is NC(=O)c1sc2nc(C(F)(F)F)cc(-c3ccc(F)cc3)c2c1NC(=O)c1ccc(Cn2nc(C(F)F)cc2C(F)F)o1. The number of thiophene rings is 1. The quantitative estimate of drug-likeness (QED) is 0.176. The fraction of sp³-hybridized carbons (Fsp3) is 0.154. The number of amides is 2. The first-order chi connectivity index (χ1) is 20.2. The van der Waals surface area contributed by atoms with Gasteiger partial charge in [-0.3, -0.25) is 14.3 Å². The number of hydrogen-bond acceptors (Lipinski definition) is 6. The third kappa shape index (κ3) is 5.93. The number of carbonyl (C=O) groups excluding carboxylic acids is 2. The summed E-state index contributed by atoms with van der Waals surface area (Å²) >= 11 is 0.478. The van der Waals surface area contributed by atoms with Gasteiger partial charge in [-0.2, -0.15) is 18.3 Å². The van der Waals surface area contributed by atoms with Crippen molar-refractivity contribution < 1.29 is 49.1 Å². The first-order valence-corrected chi connectivity index (χ1v) is 12.7. The maximum atomic E-state index is 13.7. The molecule has 5 aromatic rings. The number of benzene rings is 1. The summed E-state index contributed by atoms with van der Waals surface area (Å²) in [6.07, 6.45) is -11.2. The maximum absolute atomic E-state index is 13.7. The Kier molecular flexibility index (Phi) is 7.68. The standard InChI is InChI=1S/C26H15F8N5O3S/c27-11-3-1-10(2-4-11)13-7-17(26(32,33)34)36-25-18(13)19(20(43-25)23(35)40)37-24(41)16-6-5-12(42-16)9-39-15(22(30)31)8-14(38-39)21(28)29/h1-8,21-22H,9H2,(H2,35,40)(H,37,41). The zero-order chi connectivity index (χ0) is 31.2. The summed E-state index contributed by atoms with van der Waals surface area (Å²) in [5.74, 6) is -3.37. The lowest BCUT2D eigenvalue weighted by molar-refractivity contribution is -0.140. The van der Waals surface area contributed by atoms with E-state index in [1.165, 1.54) is 18.2 Å². The molecule has 3 N–H and O–H groups in total. The van der Waals surface area contributed by atoms with E-state index in [1.807, 2.05) is 0 Å². The van der Waals surface area contributed by atoms with Crippen LogP contribution in [0.2, 0.25) is 0 Å². The summed E-state index contributed by atoms with van der Waals surface area (Å²) in [6, 6.07) is 7.91. The monoisotopic (exact) mass is 629 g/mol. The van der Waals surface area contributed by atoms with E-state index in [-0.39, 0.29) is 37.7 Å². The Morgan fingerprint density at radius 1 is 1.02 bits per heavy atom. The van der Waals surface area contributed by atoms with Crippen LogP contribution in [-0.2, 0) is 12.7 Å². The van der Waals surface area contributed by atoms with E-state index in [2.05, 4.69) is 15.4 Å². The fourth-order valence-corrected chi connectivity index (χ4v) is 5.17. The molecule has 0 unspecified atom stereocenters. The number of rotatable bonds is 8. The Bertz CT molecular complexity index is 1840. The van der Waals surface area contributed by atoms with Crippen molar-refractivity contribution in [3.8, 4) is 11.1 Å². The van der Waals surface area contributed by atoms with Gasteiger partial charge in [0.1, 0.15) is 38.4 Å². The molecular formula is C26H15F8N5O3S. The van der Waals surface area contributed by atoms with Crippen LogP contribution >= 0.6 is 11.3 Å². The van der Waals surface area contributed by atoms with Crippen LogP contribution in [0.5, 0.6) is 0 Å². The molecule has 0 aliphatic carbocycles. The van der Waals surface area contributed by atoms with E-state index in [0.717, 1.165) is 18.2 Å². The van der Waals surface area contributed by atoms with E-state index in [4.69, 9.17) is 10.2 Å². The van der Waals surface area contributed by atoms with Crippen molar-refractivity contribution >= 4 is 39.1 Å². The topological polar surface area (TPSA) is 116 Å². The number of nitrogens with zero attached hydrogens (tertiary/aromatic N) is 3. The second-order valence-electron chi connectivity index (χ2n) is 8.88. The number of furan rings is 1. The maximum Gasteiger partial charge on any atom is 0.433 e. The second-order valence-corrected chi connectivity index (χ2v) is 9.88. The average molecular weight is 629 g/mol. The lowest BCUT2D eigenvalue weighted by atomic mass is 10.0. The predicted molar refractivity (Wildman–Crippen MR) is 136 cm³/mol. The van der Waals surface area contributed by atoms with Crippen LogP contribution in [-0.4, -0.2) is 26.6 Å². The highest BCUT2D eigenvalue weighted by Crippen LogP contribution is 2.44. The molecular weight excluding hydrogens is 614 g/mol. The van der Waals surface area contributed by atoms with Crippen LogP contribution in [0, 0.1) is 5.82 Å². The van der Waals surface area contributed by atoms with Crippen LogP contribution in [0.4, 0.5) is 40.8 Å². The molecule has 0 atom stereocenters. The highest BCUT2D eigenvalue weighted by molar-refractivity contribution is 7.21. The van der Waals surface area contributed by atoms with E-state index < -0.39 is 66.0 Å². The molecule has 2 amide bonds. The summed E-state index contributed by atoms with van der Waals surface area (Å²) in [5.41, 5.74) is 2.08. The van der Waals surface area contributed by atoms with Crippen molar-refractivity contribution in [2.75, 3.05) is 5.32 Å². The average Bonchev–Trinajstić information content (AvgIpc) is 3.66. The predicted octanol–water partition coefficient (Wildman–Crippen LogP) is 7.19. The minimum absolute atomic E-state index is 0.0983. The summed E-state index contributed by atoms with van der Waals surface area (Å²) < 4.78 is 113. The third-order valence-corrected chi connectivity index (χ3v) is 7.14. The van der Waals surface area contributed by atoms with Gasteiger partial charge in [0.15, 0.2) is 5.76 Å². The molecule has 224 valence electrons. The molecule has 0 saturated heterocycles. The molecule has 8 nitrogen and oxygen atoms in total. The highest BCUT2D eigenvalue weighted by atomic mass is 32.1. The largest absolute Gasteiger partial charge is 0.454 e. The smallest absolute Gasteiger partial charge is 0.433 e. The van der Waals surface area contributed by atoms with Crippen molar-refractivity contribution in [2.24, 2.45) is 5.73 Å². The Labute approximate surface area is 238 Å². The van der Waals surface area contributed by atoms with Crippen molar-refractivity contribution in [3.05, 3.63) is 87.8 Å². The van der Waals surface area contributed by atoms with Gasteiger partial charge in [-0.05, 0) is 47.5 Å². The van der Waals surface area contributed by atoms with Gasteiger partial charge in [-0.25, -0.2) is 26.9 Å². The molecule has 0 bridgehead atoms. The van der Waals surface area contributed by atoms with Crippen LogP contribution in [0.25, 0.3) is 21.3 Å². The minimum Gasteiger partial charge on any atom is -0.454 e.